The van der Waals surface area contributed by atoms with Gasteiger partial charge in [-0.2, -0.15) is 0 Å². The van der Waals surface area contributed by atoms with Crippen LogP contribution in [0.5, 0.6) is 0 Å². The molecule has 0 aliphatic heterocycles. The number of thioether (sulfide) groups is 1. The normalized spacial score (nSPS) is 35.9. The number of anilines is 1. The van der Waals surface area contributed by atoms with Crippen molar-refractivity contribution in [3.8, 4) is 0 Å². The van der Waals surface area contributed by atoms with E-state index in [-0.39, 0.29) is 34.1 Å². The number of halogens is 1. The maximum Gasteiger partial charge on any atom is 0.191 e. The van der Waals surface area contributed by atoms with Crippen molar-refractivity contribution in [3.05, 3.63) is 35.1 Å². The van der Waals surface area contributed by atoms with Crippen molar-refractivity contribution in [3.63, 3.8) is 0 Å². The van der Waals surface area contributed by atoms with E-state index in [1.807, 2.05) is 0 Å². The molecule has 3 aromatic rings. The topological polar surface area (TPSA) is 138 Å². The van der Waals surface area contributed by atoms with E-state index >= 15 is 0 Å². The number of fused-ring (bicyclic) bond motifs is 1. The third kappa shape index (κ3) is 4.92. The second-order valence-electron chi connectivity index (χ2n) is 8.36. The maximum atomic E-state index is 14.4. The lowest BCUT2D eigenvalue weighted by Crippen LogP contribution is -2.33. The average Bonchev–Trinajstić information content (AvgIpc) is 3.23. The molecule has 2 fully saturated rings. The van der Waals surface area contributed by atoms with E-state index in [0.717, 1.165) is 17.7 Å². The van der Waals surface area contributed by atoms with Crippen LogP contribution in [0.25, 0.3) is 11.2 Å². The highest BCUT2D eigenvalue weighted by Crippen LogP contribution is 2.44. The second kappa shape index (κ2) is 10.5. The minimum atomic E-state index is -2.57. The van der Waals surface area contributed by atoms with Crippen LogP contribution in [0.1, 0.15) is 61.5 Å². The zero-order chi connectivity index (χ0) is 33.5. The molecular weight excluding hydrogens is 487 g/mol. The minimum Gasteiger partial charge on any atom is -0.394 e. The summed E-state index contributed by atoms with van der Waals surface area (Å²) in [6.45, 7) is -0.980. The Bertz CT molecular complexity index is 1620. The number of hydrogen-bond donors (Lipinski definition) is 4. The third-order valence-corrected chi connectivity index (χ3v) is 6.70. The van der Waals surface area contributed by atoms with Gasteiger partial charge in [-0.3, -0.25) is 0 Å². The van der Waals surface area contributed by atoms with Crippen molar-refractivity contribution >= 4 is 28.7 Å². The molecule has 0 spiro atoms. The van der Waals surface area contributed by atoms with Gasteiger partial charge in [-0.25, -0.2) is 19.0 Å². The van der Waals surface area contributed by atoms with Crippen LogP contribution in [0.4, 0.5) is 10.2 Å². The molecule has 2 saturated carbocycles. The Balaban J connectivity index is 1.57. The van der Waals surface area contributed by atoms with E-state index in [0.29, 0.717) is 17.3 Å². The number of nitrogens with one attached hydrogen (secondary N) is 1. The van der Waals surface area contributed by atoms with Crippen LogP contribution >= 0.6 is 11.8 Å². The molecule has 2 aliphatic rings. The number of aryl methyl sites for hydroxylation is 1. The molecule has 10 nitrogen and oxygen atoms in total. The molecule has 194 valence electrons. The van der Waals surface area contributed by atoms with E-state index in [4.69, 9.17) is 17.1 Å². The first kappa shape index (κ1) is 16.5. The SMILES string of the molecule is [2H]C([2H])(CO)O[C@H]1C[C@@H](n2nnc3c(N[C@@H]4C([2H])([2H])[C@@]4([2H])c4ccc(C)c(F)c4)nc(SC([2H])([2H])C([2H])([2H])C)nc32)[C@H](O)[C@@H]1O. The number of hydrogen-bond acceptors (Lipinski definition) is 10. The lowest BCUT2D eigenvalue weighted by Gasteiger charge is -2.17. The fraction of sp³-hybridized carbons (Fsp3) is 0.583. The molecule has 1 aromatic carbocycles. The maximum absolute atomic E-state index is 14.4. The van der Waals surface area contributed by atoms with Crippen molar-refractivity contribution in [2.24, 2.45) is 0 Å². The van der Waals surface area contributed by atoms with Gasteiger partial charge in [0, 0.05) is 33.7 Å². The minimum absolute atomic E-state index is 0.0593. The van der Waals surface area contributed by atoms with Crippen molar-refractivity contribution in [1.82, 2.24) is 25.0 Å². The molecule has 0 amide bonds. The monoisotopic (exact) mass is 527 g/mol. The van der Waals surface area contributed by atoms with Gasteiger partial charge in [0.1, 0.15) is 18.0 Å². The van der Waals surface area contributed by atoms with Crippen LogP contribution in [0.15, 0.2) is 23.4 Å². The Labute approximate surface area is 224 Å². The van der Waals surface area contributed by atoms with Gasteiger partial charge in [-0.1, -0.05) is 36.0 Å². The summed E-state index contributed by atoms with van der Waals surface area (Å²) in [5.41, 5.74) is -2.43. The van der Waals surface area contributed by atoms with Gasteiger partial charge in [-0.15, -0.1) is 5.10 Å². The van der Waals surface area contributed by atoms with Crippen LogP contribution < -0.4 is 5.32 Å². The fourth-order valence-corrected chi connectivity index (χ4v) is 4.58. The lowest BCUT2D eigenvalue weighted by molar-refractivity contribution is -0.0629. The van der Waals surface area contributed by atoms with Gasteiger partial charge in [0.25, 0.3) is 0 Å². The molecule has 0 radical (unpaired) electrons. The van der Waals surface area contributed by atoms with Crippen molar-refractivity contribution in [2.75, 3.05) is 24.2 Å². The summed E-state index contributed by atoms with van der Waals surface area (Å²) >= 11 is 0.320. The van der Waals surface area contributed by atoms with Crippen LogP contribution in [0, 0.1) is 12.7 Å². The lowest BCUT2D eigenvalue weighted by atomic mass is 10.1. The Kier molecular flexibility index (Phi) is 4.82. The highest BCUT2D eigenvalue weighted by atomic mass is 32.2. The molecule has 2 aliphatic carbocycles. The van der Waals surface area contributed by atoms with Gasteiger partial charge < -0.3 is 25.4 Å². The number of ether oxygens (including phenoxy) is 1. The molecule has 0 unspecified atom stereocenters. The van der Waals surface area contributed by atoms with E-state index in [9.17, 15) is 19.7 Å². The van der Waals surface area contributed by atoms with E-state index < -0.39 is 73.7 Å². The molecule has 12 heteroatoms. The Morgan fingerprint density at radius 2 is 2.19 bits per heavy atom. The Morgan fingerprint density at radius 1 is 1.36 bits per heavy atom. The quantitative estimate of drug-likeness (QED) is 0.229. The summed E-state index contributed by atoms with van der Waals surface area (Å²) < 4.78 is 94.3. The smallest absolute Gasteiger partial charge is 0.191 e. The molecule has 0 saturated heterocycles. The Morgan fingerprint density at radius 3 is 2.94 bits per heavy atom. The third-order valence-electron chi connectivity index (χ3n) is 6.03. The number of aliphatic hydroxyl groups is 3. The fourth-order valence-electron chi connectivity index (χ4n) is 4.12. The summed E-state index contributed by atoms with van der Waals surface area (Å²) in [7, 11) is 0. The second-order valence-corrected chi connectivity index (χ2v) is 9.13. The first-order valence-corrected chi connectivity index (χ1v) is 12.0. The zero-order valence-corrected chi connectivity index (χ0v) is 20.1. The van der Waals surface area contributed by atoms with Crippen LogP contribution in [-0.2, 0) is 4.74 Å². The average molecular weight is 528 g/mol. The highest BCUT2D eigenvalue weighted by Gasteiger charge is 2.45. The van der Waals surface area contributed by atoms with Gasteiger partial charge >= 0.3 is 0 Å². The van der Waals surface area contributed by atoms with E-state index in [1.54, 1.807) is 0 Å². The Hall–Kier alpha value is -2.38. The first-order valence-electron chi connectivity index (χ1n) is 15.6. The van der Waals surface area contributed by atoms with E-state index in [2.05, 4.69) is 25.6 Å². The standard InChI is InChI=1S/C24H31FN6O4S/c1-3-8-36-24-27-22(26-16-10-14(16)13-5-4-12(2)15(25)9-13)19-23(28-24)31(30-29-19)17-11-18(35-7-6-32)21(34)20(17)33/h4-5,9,14,16-18,20-21,32-34H,3,6-8,10-11H2,1-2H3,(H,26,27,28)/t14-,16+,17+,18-,20-,21+/m0/s1/i3D2,7D2,8D2,10D2,14D. The largest absolute Gasteiger partial charge is 0.394 e. The molecule has 4 N–H and O–H groups in total. The summed E-state index contributed by atoms with van der Waals surface area (Å²) in [5.74, 6) is -2.79. The summed E-state index contributed by atoms with van der Waals surface area (Å²) in [4.78, 5) is 8.56. The van der Waals surface area contributed by atoms with Crippen molar-refractivity contribution in [1.29, 1.82) is 0 Å². The number of rotatable bonds is 10. The van der Waals surface area contributed by atoms with Gasteiger partial charge in [0.15, 0.2) is 22.1 Å². The first-order chi connectivity index (χ1) is 20.6. The number of benzene rings is 1. The van der Waals surface area contributed by atoms with Crippen LogP contribution in [-0.4, -0.2) is 83.5 Å². The molecule has 36 heavy (non-hydrogen) atoms. The van der Waals surface area contributed by atoms with Crippen molar-refractivity contribution < 1.29 is 36.8 Å². The van der Waals surface area contributed by atoms with Gasteiger partial charge in [-0.05, 0) is 36.9 Å². The predicted octanol–water partition coefficient (Wildman–Crippen LogP) is 2.18. The molecule has 2 aromatic heterocycles. The highest BCUT2D eigenvalue weighted by molar-refractivity contribution is 7.99. The number of aromatic nitrogens is 5. The molecular formula is C24H31FN6O4S. The molecule has 5 rings (SSSR count). The summed E-state index contributed by atoms with van der Waals surface area (Å²) in [6.07, 6.45) is -9.30. The number of aliphatic hydroxyl groups excluding tert-OH is 3. The molecule has 6 atom stereocenters. The van der Waals surface area contributed by atoms with Gasteiger partial charge in [0.2, 0.25) is 0 Å². The summed E-state index contributed by atoms with van der Waals surface area (Å²) in [6, 6.07) is 1.54. The van der Waals surface area contributed by atoms with E-state index in [1.165, 1.54) is 19.1 Å². The van der Waals surface area contributed by atoms with Crippen LogP contribution in [0.3, 0.4) is 0 Å². The summed E-state index contributed by atoms with van der Waals surface area (Å²) in [5, 5.41) is 41.2. The van der Waals surface area contributed by atoms with Crippen molar-refractivity contribution in [2.45, 2.75) is 74.5 Å². The molecule has 0 bridgehead atoms. The zero-order valence-electron chi connectivity index (χ0n) is 28.3. The van der Waals surface area contributed by atoms with Gasteiger partial charge in [0.05, 0.1) is 28.1 Å². The predicted molar refractivity (Wildman–Crippen MR) is 133 cm³/mol. The number of nitrogens with zero attached hydrogens (tertiary/aromatic N) is 5. The molecule has 2 heterocycles. The van der Waals surface area contributed by atoms with Crippen LogP contribution in [0.2, 0.25) is 0 Å².